The van der Waals surface area contributed by atoms with E-state index < -0.39 is 0 Å². The van der Waals surface area contributed by atoms with Gasteiger partial charge in [0.15, 0.2) is 5.01 Å². The second-order valence-corrected chi connectivity index (χ2v) is 7.15. The molecular formula is C18H17N3O3S2. The number of ether oxygens (including phenoxy) is 2. The number of benzene rings is 2. The Morgan fingerprint density at radius 1 is 1.12 bits per heavy atom. The lowest BCUT2D eigenvalue weighted by atomic mass is 10.2. The number of thioether (sulfide) groups is 1. The molecule has 1 heterocycles. The van der Waals surface area contributed by atoms with Crippen molar-refractivity contribution in [2.24, 2.45) is 0 Å². The summed E-state index contributed by atoms with van der Waals surface area (Å²) in [4.78, 5) is 13.1. The fourth-order valence-corrected chi connectivity index (χ4v) is 3.69. The lowest BCUT2D eigenvalue weighted by Gasteiger charge is -2.07. The average Bonchev–Trinajstić information content (AvgIpc) is 3.14. The van der Waals surface area contributed by atoms with E-state index in [1.54, 1.807) is 20.3 Å². The number of rotatable bonds is 7. The molecule has 0 saturated heterocycles. The molecule has 0 fully saturated rings. The van der Waals surface area contributed by atoms with Crippen LogP contribution in [0.1, 0.15) is 0 Å². The Kier molecular flexibility index (Phi) is 6.08. The van der Waals surface area contributed by atoms with Crippen molar-refractivity contribution in [3.63, 3.8) is 0 Å². The topological polar surface area (TPSA) is 73.3 Å². The maximum absolute atomic E-state index is 12.1. The second kappa shape index (κ2) is 8.68. The van der Waals surface area contributed by atoms with Crippen molar-refractivity contribution in [3.8, 4) is 22.1 Å². The fraction of sp³-hybridized carbons (Fsp3) is 0.167. The van der Waals surface area contributed by atoms with Crippen molar-refractivity contribution in [1.82, 2.24) is 10.2 Å². The van der Waals surface area contributed by atoms with Gasteiger partial charge in [-0.1, -0.05) is 29.5 Å². The molecule has 0 bridgehead atoms. The third-order valence-electron chi connectivity index (χ3n) is 3.42. The molecule has 0 radical (unpaired) electrons. The SMILES string of the molecule is COc1ccc(-c2nnc(NC(=O)CSc3ccccc3)s2)c(OC)c1. The first-order valence-electron chi connectivity index (χ1n) is 7.73. The molecule has 3 aromatic rings. The van der Waals surface area contributed by atoms with Gasteiger partial charge in [0, 0.05) is 11.0 Å². The van der Waals surface area contributed by atoms with Gasteiger partial charge in [-0.25, -0.2) is 0 Å². The molecule has 6 nitrogen and oxygen atoms in total. The Morgan fingerprint density at radius 3 is 2.65 bits per heavy atom. The van der Waals surface area contributed by atoms with Crippen LogP contribution in [-0.2, 0) is 4.79 Å². The van der Waals surface area contributed by atoms with E-state index in [9.17, 15) is 4.79 Å². The van der Waals surface area contributed by atoms with E-state index in [0.29, 0.717) is 27.4 Å². The van der Waals surface area contributed by atoms with Crippen LogP contribution in [-0.4, -0.2) is 36.1 Å². The van der Waals surface area contributed by atoms with Crippen LogP contribution >= 0.6 is 23.1 Å². The van der Waals surface area contributed by atoms with Crippen LogP contribution in [0.2, 0.25) is 0 Å². The monoisotopic (exact) mass is 387 g/mol. The maximum atomic E-state index is 12.1. The number of hydrogen-bond donors (Lipinski definition) is 1. The van der Waals surface area contributed by atoms with Crippen molar-refractivity contribution in [1.29, 1.82) is 0 Å². The number of nitrogens with one attached hydrogen (secondary N) is 1. The molecule has 26 heavy (non-hydrogen) atoms. The quantitative estimate of drug-likeness (QED) is 0.619. The summed E-state index contributed by atoms with van der Waals surface area (Å²) in [5.74, 6) is 1.52. The standard InChI is InChI=1S/C18H17N3O3S2/c1-23-12-8-9-14(15(10-12)24-2)17-20-21-18(26-17)19-16(22)11-25-13-6-4-3-5-7-13/h3-10H,11H2,1-2H3,(H,19,21,22). The van der Waals surface area contributed by atoms with E-state index in [4.69, 9.17) is 9.47 Å². The molecule has 0 aliphatic carbocycles. The van der Waals surface area contributed by atoms with Gasteiger partial charge in [0.25, 0.3) is 0 Å². The predicted octanol–water partition coefficient (Wildman–Crippen LogP) is 3.95. The number of methoxy groups -OCH3 is 2. The first-order chi connectivity index (χ1) is 12.7. The van der Waals surface area contributed by atoms with Crippen LogP contribution in [0.25, 0.3) is 10.6 Å². The number of carbonyl (C=O) groups excluding carboxylic acids is 1. The van der Waals surface area contributed by atoms with Crippen molar-refractivity contribution < 1.29 is 14.3 Å². The Morgan fingerprint density at radius 2 is 1.92 bits per heavy atom. The van der Waals surface area contributed by atoms with Crippen LogP contribution in [0.15, 0.2) is 53.4 Å². The molecule has 0 atom stereocenters. The van der Waals surface area contributed by atoms with E-state index in [1.165, 1.54) is 23.1 Å². The van der Waals surface area contributed by atoms with Crippen LogP contribution in [0.4, 0.5) is 5.13 Å². The fourth-order valence-electron chi connectivity index (χ4n) is 2.18. The normalized spacial score (nSPS) is 10.4. The number of amides is 1. The summed E-state index contributed by atoms with van der Waals surface area (Å²) in [7, 11) is 3.18. The number of aromatic nitrogens is 2. The van der Waals surface area contributed by atoms with E-state index in [0.717, 1.165) is 10.5 Å². The molecule has 3 rings (SSSR count). The molecule has 0 aliphatic heterocycles. The van der Waals surface area contributed by atoms with Crippen LogP contribution in [0, 0.1) is 0 Å². The zero-order valence-electron chi connectivity index (χ0n) is 14.3. The Balaban J connectivity index is 1.65. The van der Waals surface area contributed by atoms with Gasteiger partial charge in [0.2, 0.25) is 11.0 Å². The van der Waals surface area contributed by atoms with E-state index >= 15 is 0 Å². The summed E-state index contributed by atoms with van der Waals surface area (Å²) in [6.45, 7) is 0. The largest absolute Gasteiger partial charge is 0.497 e. The first-order valence-corrected chi connectivity index (χ1v) is 9.53. The minimum Gasteiger partial charge on any atom is -0.497 e. The van der Waals surface area contributed by atoms with Gasteiger partial charge in [0.1, 0.15) is 11.5 Å². The van der Waals surface area contributed by atoms with Gasteiger partial charge >= 0.3 is 0 Å². The zero-order chi connectivity index (χ0) is 18.4. The zero-order valence-corrected chi connectivity index (χ0v) is 15.9. The van der Waals surface area contributed by atoms with Gasteiger partial charge in [0.05, 0.1) is 25.5 Å². The number of carbonyl (C=O) groups is 1. The number of nitrogens with zero attached hydrogens (tertiary/aromatic N) is 2. The highest BCUT2D eigenvalue weighted by Crippen LogP contribution is 2.36. The molecule has 8 heteroatoms. The molecular weight excluding hydrogens is 370 g/mol. The second-order valence-electron chi connectivity index (χ2n) is 5.13. The molecule has 0 saturated carbocycles. The highest BCUT2D eigenvalue weighted by atomic mass is 32.2. The summed E-state index contributed by atoms with van der Waals surface area (Å²) >= 11 is 2.77. The third-order valence-corrected chi connectivity index (χ3v) is 5.31. The van der Waals surface area contributed by atoms with Gasteiger partial charge in [-0.15, -0.1) is 22.0 Å². The lowest BCUT2D eigenvalue weighted by Crippen LogP contribution is -2.13. The van der Waals surface area contributed by atoms with E-state index in [1.807, 2.05) is 42.5 Å². The minimum absolute atomic E-state index is 0.122. The Labute approximate surface area is 159 Å². The molecule has 1 aromatic heterocycles. The molecule has 0 spiro atoms. The molecule has 1 N–H and O–H groups in total. The predicted molar refractivity (Wildman–Crippen MR) is 104 cm³/mol. The first kappa shape index (κ1) is 18.2. The number of anilines is 1. The van der Waals surface area contributed by atoms with Crippen molar-refractivity contribution >= 4 is 34.1 Å². The average molecular weight is 387 g/mol. The maximum Gasteiger partial charge on any atom is 0.236 e. The highest BCUT2D eigenvalue weighted by molar-refractivity contribution is 8.00. The summed E-state index contributed by atoms with van der Waals surface area (Å²) < 4.78 is 10.6. The van der Waals surface area contributed by atoms with Gasteiger partial charge in [-0.05, 0) is 24.3 Å². The third kappa shape index (κ3) is 4.53. The lowest BCUT2D eigenvalue weighted by molar-refractivity contribution is -0.113. The summed E-state index contributed by atoms with van der Waals surface area (Å²) in [5.41, 5.74) is 0.796. The molecule has 1 amide bonds. The molecule has 0 unspecified atom stereocenters. The summed E-state index contributed by atoms with van der Waals surface area (Å²) in [5, 5.41) is 12.1. The summed E-state index contributed by atoms with van der Waals surface area (Å²) in [6.07, 6.45) is 0. The van der Waals surface area contributed by atoms with Crippen LogP contribution < -0.4 is 14.8 Å². The molecule has 134 valence electrons. The highest BCUT2D eigenvalue weighted by Gasteiger charge is 2.14. The van der Waals surface area contributed by atoms with Gasteiger partial charge in [-0.3, -0.25) is 10.1 Å². The van der Waals surface area contributed by atoms with Crippen LogP contribution in [0.3, 0.4) is 0 Å². The van der Waals surface area contributed by atoms with E-state index in [2.05, 4.69) is 15.5 Å². The molecule has 0 aliphatic rings. The smallest absolute Gasteiger partial charge is 0.236 e. The Bertz CT molecular complexity index is 884. The molecule has 2 aromatic carbocycles. The summed E-state index contributed by atoms with van der Waals surface area (Å²) in [6, 6.07) is 15.2. The number of hydrogen-bond acceptors (Lipinski definition) is 7. The minimum atomic E-state index is -0.122. The van der Waals surface area contributed by atoms with E-state index in [-0.39, 0.29) is 5.91 Å². The Hall–Kier alpha value is -2.58. The van der Waals surface area contributed by atoms with Crippen molar-refractivity contribution in [2.75, 3.05) is 25.3 Å². The van der Waals surface area contributed by atoms with Gasteiger partial charge < -0.3 is 9.47 Å². The van der Waals surface area contributed by atoms with Crippen molar-refractivity contribution in [2.45, 2.75) is 4.90 Å². The van der Waals surface area contributed by atoms with Crippen molar-refractivity contribution in [3.05, 3.63) is 48.5 Å². The van der Waals surface area contributed by atoms with Gasteiger partial charge in [-0.2, -0.15) is 0 Å². The van der Waals surface area contributed by atoms with Crippen LogP contribution in [0.5, 0.6) is 11.5 Å².